The van der Waals surface area contributed by atoms with Gasteiger partial charge in [-0.25, -0.2) is 0 Å². The zero-order chi connectivity index (χ0) is 8.97. The summed E-state index contributed by atoms with van der Waals surface area (Å²) in [5, 5.41) is 0. The Bertz CT molecular complexity index is 164. The summed E-state index contributed by atoms with van der Waals surface area (Å²) in [6, 6.07) is 0. The molecule has 0 radical (unpaired) electrons. The van der Waals surface area contributed by atoms with E-state index in [1.54, 1.807) is 0 Å². The highest BCUT2D eigenvalue weighted by Gasteiger charge is 2.20. The molecule has 68 valence electrons. The van der Waals surface area contributed by atoms with E-state index in [0.29, 0.717) is 0 Å². The summed E-state index contributed by atoms with van der Waals surface area (Å²) in [5.74, 6) is 2.34. The van der Waals surface area contributed by atoms with Gasteiger partial charge in [-0.05, 0) is 37.5 Å². The molecule has 0 aromatic rings. The highest BCUT2D eigenvalue weighted by atomic mass is 32.1. The second kappa shape index (κ2) is 4.76. The van der Waals surface area contributed by atoms with Crippen molar-refractivity contribution in [1.29, 1.82) is 0 Å². The van der Waals surface area contributed by atoms with Crippen LogP contribution >= 0.6 is 12.6 Å². The molecule has 0 aromatic heterocycles. The summed E-state index contributed by atoms with van der Waals surface area (Å²) in [7, 11) is 0. The van der Waals surface area contributed by atoms with E-state index < -0.39 is 0 Å². The monoisotopic (exact) mass is 182 g/mol. The second-order valence-electron chi connectivity index (χ2n) is 3.66. The van der Waals surface area contributed by atoms with E-state index in [0.717, 1.165) is 17.6 Å². The van der Waals surface area contributed by atoms with Crippen LogP contribution in [0.3, 0.4) is 0 Å². The summed E-state index contributed by atoms with van der Waals surface area (Å²) in [4.78, 5) is 0. The SMILES string of the molecule is C=CC1CCC(C(=C)CS)CC1. The van der Waals surface area contributed by atoms with Gasteiger partial charge in [0.25, 0.3) is 0 Å². The largest absolute Gasteiger partial charge is 0.175 e. The lowest BCUT2D eigenvalue weighted by Gasteiger charge is -2.27. The average molecular weight is 182 g/mol. The van der Waals surface area contributed by atoms with Crippen LogP contribution in [-0.2, 0) is 0 Å². The highest BCUT2D eigenvalue weighted by molar-refractivity contribution is 7.80. The molecule has 0 atom stereocenters. The molecular weight excluding hydrogens is 164 g/mol. The summed E-state index contributed by atoms with van der Waals surface area (Å²) in [5.41, 5.74) is 1.32. The van der Waals surface area contributed by atoms with Crippen LogP contribution in [0.4, 0.5) is 0 Å². The van der Waals surface area contributed by atoms with E-state index in [9.17, 15) is 0 Å². The zero-order valence-electron chi connectivity index (χ0n) is 7.63. The van der Waals surface area contributed by atoms with Crippen molar-refractivity contribution in [1.82, 2.24) is 0 Å². The predicted octanol–water partition coefficient (Wildman–Crippen LogP) is 3.46. The van der Waals surface area contributed by atoms with E-state index in [2.05, 4.69) is 31.9 Å². The molecule has 0 aromatic carbocycles. The molecule has 0 nitrogen and oxygen atoms in total. The molecule has 1 aliphatic carbocycles. The highest BCUT2D eigenvalue weighted by Crippen LogP contribution is 2.33. The molecular formula is C11H18S. The number of allylic oxidation sites excluding steroid dienone is 1. The molecule has 0 spiro atoms. The fourth-order valence-electron chi connectivity index (χ4n) is 1.89. The first-order valence-electron chi connectivity index (χ1n) is 4.69. The maximum Gasteiger partial charge on any atom is 0.0113 e. The Morgan fingerprint density at radius 1 is 1.33 bits per heavy atom. The van der Waals surface area contributed by atoms with Crippen molar-refractivity contribution < 1.29 is 0 Å². The van der Waals surface area contributed by atoms with Crippen molar-refractivity contribution >= 4 is 12.6 Å². The Hall–Kier alpha value is -0.170. The minimum Gasteiger partial charge on any atom is -0.175 e. The van der Waals surface area contributed by atoms with Crippen molar-refractivity contribution in [2.75, 3.05) is 5.75 Å². The molecule has 0 saturated heterocycles. The number of thiol groups is 1. The number of hydrogen-bond acceptors (Lipinski definition) is 1. The molecule has 0 aliphatic heterocycles. The molecule has 12 heavy (non-hydrogen) atoms. The van der Waals surface area contributed by atoms with Gasteiger partial charge in [-0.1, -0.05) is 18.2 Å². The fraction of sp³-hybridized carbons (Fsp3) is 0.636. The van der Waals surface area contributed by atoms with Gasteiger partial charge >= 0.3 is 0 Å². The molecule has 1 rings (SSSR count). The first-order chi connectivity index (χ1) is 5.77. The Morgan fingerprint density at radius 3 is 2.33 bits per heavy atom. The normalized spacial score (nSPS) is 29.8. The molecule has 0 heterocycles. The van der Waals surface area contributed by atoms with Gasteiger partial charge < -0.3 is 0 Å². The molecule has 0 bridgehead atoms. The van der Waals surface area contributed by atoms with E-state index >= 15 is 0 Å². The van der Waals surface area contributed by atoms with Crippen molar-refractivity contribution in [3.63, 3.8) is 0 Å². The van der Waals surface area contributed by atoms with Gasteiger partial charge in [-0.2, -0.15) is 12.6 Å². The third-order valence-electron chi connectivity index (χ3n) is 2.89. The van der Waals surface area contributed by atoms with Crippen LogP contribution in [0.1, 0.15) is 25.7 Å². The van der Waals surface area contributed by atoms with Crippen molar-refractivity contribution in [2.24, 2.45) is 11.8 Å². The van der Waals surface area contributed by atoms with E-state index in [-0.39, 0.29) is 0 Å². The Morgan fingerprint density at radius 2 is 1.92 bits per heavy atom. The minimum absolute atomic E-state index is 0.735. The summed E-state index contributed by atoms with van der Waals surface area (Å²) >= 11 is 4.25. The fourth-order valence-corrected chi connectivity index (χ4v) is 2.15. The zero-order valence-corrected chi connectivity index (χ0v) is 8.52. The van der Waals surface area contributed by atoms with Crippen LogP contribution in [0.5, 0.6) is 0 Å². The molecule has 0 unspecified atom stereocenters. The first kappa shape index (κ1) is 9.91. The third kappa shape index (κ3) is 2.41. The van der Waals surface area contributed by atoms with Crippen LogP contribution < -0.4 is 0 Å². The van der Waals surface area contributed by atoms with Crippen LogP contribution in [0.2, 0.25) is 0 Å². The summed E-state index contributed by atoms with van der Waals surface area (Å²) < 4.78 is 0. The summed E-state index contributed by atoms with van der Waals surface area (Å²) in [6.45, 7) is 7.88. The van der Waals surface area contributed by atoms with Gasteiger partial charge in [0.1, 0.15) is 0 Å². The molecule has 1 aliphatic rings. The second-order valence-corrected chi connectivity index (χ2v) is 3.98. The topological polar surface area (TPSA) is 0 Å². The standard InChI is InChI=1S/C11H18S/c1-3-10-4-6-11(7-5-10)9(2)8-12/h3,10-12H,1-2,4-8H2. The van der Waals surface area contributed by atoms with Crippen molar-refractivity contribution in [3.8, 4) is 0 Å². The van der Waals surface area contributed by atoms with Gasteiger partial charge in [-0.3, -0.25) is 0 Å². The smallest absolute Gasteiger partial charge is 0.0113 e. The molecule has 0 amide bonds. The van der Waals surface area contributed by atoms with Crippen LogP contribution in [0, 0.1) is 11.8 Å². The maximum absolute atomic E-state index is 4.25. The van der Waals surface area contributed by atoms with Gasteiger partial charge in [-0.15, -0.1) is 6.58 Å². The van der Waals surface area contributed by atoms with Crippen molar-refractivity contribution in [3.05, 3.63) is 24.8 Å². The number of rotatable bonds is 3. The Kier molecular flexibility index (Phi) is 3.93. The van der Waals surface area contributed by atoms with Gasteiger partial charge in [0.2, 0.25) is 0 Å². The van der Waals surface area contributed by atoms with Gasteiger partial charge in [0, 0.05) is 5.75 Å². The van der Waals surface area contributed by atoms with E-state index in [1.807, 2.05) is 0 Å². The van der Waals surface area contributed by atoms with Crippen molar-refractivity contribution in [2.45, 2.75) is 25.7 Å². The third-order valence-corrected chi connectivity index (χ3v) is 3.29. The average Bonchev–Trinajstić information content (AvgIpc) is 2.17. The quantitative estimate of drug-likeness (QED) is 0.501. The molecule has 1 fully saturated rings. The number of hydrogen-bond donors (Lipinski definition) is 1. The first-order valence-corrected chi connectivity index (χ1v) is 5.32. The Balaban J connectivity index is 2.35. The lowest BCUT2D eigenvalue weighted by molar-refractivity contribution is 0.346. The Labute approximate surface area is 81.2 Å². The van der Waals surface area contributed by atoms with Gasteiger partial charge in [0.05, 0.1) is 0 Å². The molecule has 1 heteroatoms. The minimum atomic E-state index is 0.735. The van der Waals surface area contributed by atoms with Crippen LogP contribution in [-0.4, -0.2) is 5.75 Å². The van der Waals surface area contributed by atoms with Crippen LogP contribution in [0.25, 0.3) is 0 Å². The molecule has 1 saturated carbocycles. The lowest BCUT2D eigenvalue weighted by Crippen LogP contribution is -2.14. The summed E-state index contributed by atoms with van der Waals surface area (Å²) in [6.07, 6.45) is 7.26. The molecule has 0 N–H and O–H groups in total. The van der Waals surface area contributed by atoms with Crippen LogP contribution in [0.15, 0.2) is 24.8 Å². The maximum atomic E-state index is 4.25. The van der Waals surface area contributed by atoms with E-state index in [1.165, 1.54) is 31.3 Å². The lowest BCUT2D eigenvalue weighted by atomic mass is 9.79. The van der Waals surface area contributed by atoms with E-state index in [4.69, 9.17) is 0 Å². The predicted molar refractivity (Wildman–Crippen MR) is 58.6 cm³/mol. The van der Waals surface area contributed by atoms with Gasteiger partial charge in [0.15, 0.2) is 0 Å².